The first kappa shape index (κ1) is 13.7. The van der Waals surface area contributed by atoms with E-state index in [0.29, 0.717) is 0 Å². The molecule has 94 valence electrons. The molecule has 17 heavy (non-hydrogen) atoms. The van der Waals surface area contributed by atoms with Crippen LogP contribution in [0.3, 0.4) is 0 Å². The summed E-state index contributed by atoms with van der Waals surface area (Å²) in [5.41, 5.74) is 1.03. The van der Waals surface area contributed by atoms with Crippen molar-refractivity contribution in [3.05, 3.63) is 30.1 Å². The number of carbonyl (C=O) groups excluding carboxylic acids is 1. The molecule has 0 aliphatic rings. The third-order valence-electron chi connectivity index (χ3n) is 2.99. The lowest BCUT2D eigenvalue weighted by molar-refractivity contribution is -0.692. The van der Waals surface area contributed by atoms with E-state index in [2.05, 4.69) is 20.8 Å². The van der Waals surface area contributed by atoms with Gasteiger partial charge in [0.05, 0.1) is 0 Å². The number of hydrogen-bond acceptors (Lipinski definition) is 2. The van der Waals surface area contributed by atoms with Gasteiger partial charge in [0.2, 0.25) is 6.54 Å². The Morgan fingerprint density at radius 3 is 2.59 bits per heavy atom. The number of hydrogen-bond donors (Lipinski definition) is 0. The monoisotopic (exact) mass is 236 g/mol. The fourth-order valence-corrected chi connectivity index (χ4v) is 1.29. The lowest BCUT2D eigenvalue weighted by Gasteiger charge is -2.26. The van der Waals surface area contributed by atoms with Crippen LogP contribution in [0, 0.1) is 12.3 Å². The van der Waals surface area contributed by atoms with Gasteiger partial charge in [-0.2, -0.15) is 4.57 Å². The van der Waals surface area contributed by atoms with E-state index in [1.807, 2.05) is 42.8 Å². The molecule has 3 heteroatoms. The van der Waals surface area contributed by atoms with Gasteiger partial charge in [0.15, 0.2) is 11.9 Å². The zero-order valence-electron chi connectivity index (χ0n) is 11.4. The van der Waals surface area contributed by atoms with Crippen LogP contribution in [0.2, 0.25) is 0 Å². The van der Waals surface area contributed by atoms with E-state index >= 15 is 0 Å². The number of pyridine rings is 1. The second-order valence-electron chi connectivity index (χ2n) is 5.47. The van der Waals surface area contributed by atoms with Crippen LogP contribution in [0.4, 0.5) is 0 Å². The maximum Gasteiger partial charge on any atom is 0.372 e. The van der Waals surface area contributed by atoms with Crippen molar-refractivity contribution < 1.29 is 14.1 Å². The first-order chi connectivity index (χ1) is 7.80. The third kappa shape index (κ3) is 4.17. The van der Waals surface area contributed by atoms with Crippen LogP contribution in [-0.2, 0) is 16.1 Å². The molecule has 0 bridgehead atoms. The molecular weight excluding hydrogens is 214 g/mol. The van der Waals surface area contributed by atoms with Crippen molar-refractivity contribution in [3.63, 3.8) is 0 Å². The third-order valence-corrected chi connectivity index (χ3v) is 2.99. The minimum atomic E-state index is -0.188. The summed E-state index contributed by atoms with van der Waals surface area (Å²) in [6, 6.07) is 5.84. The number of ether oxygens (including phenoxy) is 1. The minimum Gasteiger partial charge on any atom is -0.457 e. The van der Waals surface area contributed by atoms with Crippen molar-refractivity contribution in [2.24, 2.45) is 5.41 Å². The molecule has 0 N–H and O–H groups in total. The molecule has 0 saturated carbocycles. The largest absolute Gasteiger partial charge is 0.457 e. The van der Waals surface area contributed by atoms with Crippen molar-refractivity contribution in [2.45, 2.75) is 47.3 Å². The van der Waals surface area contributed by atoms with Crippen molar-refractivity contribution in [1.29, 1.82) is 0 Å². The summed E-state index contributed by atoms with van der Waals surface area (Å²) >= 11 is 0. The van der Waals surface area contributed by atoms with E-state index in [0.717, 1.165) is 5.69 Å². The highest BCUT2D eigenvalue weighted by molar-refractivity contribution is 5.67. The molecule has 0 amide bonds. The maximum atomic E-state index is 11.8. The van der Waals surface area contributed by atoms with Crippen LogP contribution in [0.5, 0.6) is 0 Å². The lowest BCUT2D eigenvalue weighted by atomic mass is 9.90. The minimum absolute atomic E-state index is 0.0218. The molecule has 1 aromatic rings. The Kier molecular flexibility index (Phi) is 4.27. The number of aromatic nitrogens is 1. The first-order valence-electron chi connectivity index (χ1n) is 5.95. The molecule has 1 rings (SSSR count). The lowest BCUT2D eigenvalue weighted by Crippen LogP contribution is -2.42. The van der Waals surface area contributed by atoms with Gasteiger partial charge in [0.25, 0.3) is 0 Å². The zero-order valence-corrected chi connectivity index (χ0v) is 11.4. The summed E-state index contributed by atoms with van der Waals surface area (Å²) in [5.74, 6) is -0.188. The van der Waals surface area contributed by atoms with E-state index in [-0.39, 0.29) is 24.0 Å². The Hall–Kier alpha value is -1.38. The Morgan fingerprint density at radius 1 is 1.41 bits per heavy atom. The number of esters is 1. The van der Waals surface area contributed by atoms with E-state index < -0.39 is 0 Å². The van der Waals surface area contributed by atoms with Gasteiger partial charge in [-0.15, -0.1) is 0 Å². The van der Waals surface area contributed by atoms with Gasteiger partial charge in [0, 0.05) is 19.1 Å². The number of rotatable bonds is 3. The average Bonchev–Trinajstić information content (AvgIpc) is 2.20. The molecule has 0 aromatic carbocycles. The highest BCUT2D eigenvalue weighted by atomic mass is 16.5. The van der Waals surface area contributed by atoms with Crippen LogP contribution in [0.25, 0.3) is 0 Å². The topological polar surface area (TPSA) is 30.2 Å². The Balaban J connectivity index is 2.60. The zero-order chi connectivity index (χ0) is 13.1. The predicted octanol–water partition coefficient (Wildman–Crippen LogP) is 2.26. The molecule has 0 saturated heterocycles. The first-order valence-corrected chi connectivity index (χ1v) is 5.95. The highest BCUT2D eigenvalue weighted by Crippen LogP contribution is 2.21. The summed E-state index contributed by atoms with van der Waals surface area (Å²) in [6.07, 6.45) is 1.80. The van der Waals surface area contributed by atoms with Gasteiger partial charge >= 0.3 is 5.97 Å². The second-order valence-corrected chi connectivity index (χ2v) is 5.47. The quantitative estimate of drug-likeness (QED) is 0.595. The molecule has 0 aliphatic heterocycles. The van der Waals surface area contributed by atoms with Gasteiger partial charge < -0.3 is 4.74 Å². The van der Waals surface area contributed by atoms with E-state index in [9.17, 15) is 4.79 Å². The maximum absolute atomic E-state index is 11.8. The van der Waals surface area contributed by atoms with Gasteiger partial charge in [-0.25, -0.2) is 4.79 Å². The normalized spacial score (nSPS) is 13.2. The van der Waals surface area contributed by atoms with Gasteiger partial charge in [-0.3, -0.25) is 0 Å². The Labute approximate surface area is 103 Å². The smallest absolute Gasteiger partial charge is 0.372 e. The molecule has 0 fully saturated rings. The van der Waals surface area contributed by atoms with Gasteiger partial charge in [0.1, 0.15) is 6.10 Å². The molecule has 1 heterocycles. The number of carbonyl (C=O) groups is 1. The second kappa shape index (κ2) is 5.30. The SMILES string of the molecule is Cc1cccc[n+]1CC(=O)O[C@H](C)C(C)(C)C. The molecule has 1 aromatic heterocycles. The summed E-state index contributed by atoms with van der Waals surface area (Å²) < 4.78 is 7.30. The fraction of sp³-hybridized carbons (Fsp3) is 0.571. The Morgan fingerprint density at radius 2 is 2.06 bits per heavy atom. The molecule has 0 radical (unpaired) electrons. The van der Waals surface area contributed by atoms with Crippen molar-refractivity contribution >= 4 is 5.97 Å². The summed E-state index contributed by atoms with van der Waals surface area (Å²) in [6.45, 7) is 10.4. The van der Waals surface area contributed by atoms with Gasteiger partial charge in [-0.05, 0) is 12.3 Å². The summed E-state index contributed by atoms with van der Waals surface area (Å²) in [5, 5.41) is 0. The molecular formula is C14H22NO2+. The predicted molar refractivity (Wildman–Crippen MR) is 66.4 cm³/mol. The van der Waals surface area contributed by atoms with E-state index in [1.54, 1.807) is 0 Å². The van der Waals surface area contributed by atoms with Crippen LogP contribution in [-0.4, -0.2) is 12.1 Å². The van der Waals surface area contributed by atoms with Crippen LogP contribution >= 0.6 is 0 Å². The summed E-state index contributed by atoms with van der Waals surface area (Å²) in [7, 11) is 0. The Bertz CT molecular complexity index is 393. The standard InChI is InChI=1S/C14H22NO2/c1-11-8-6-7-9-15(11)10-13(16)17-12(2)14(3,4)5/h6-9,12H,10H2,1-5H3/q+1/t12-/m1/s1. The molecule has 0 unspecified atom stereocenters. The molecule has 0 spiro atoms. The number of nitrogens with zero attached hydrogens (tertiary/aromatic N) is 1. The summed E-state index contributed by atoms with van der Waals surface area (Å²) in [4.78, 5) is 11.8. The number of aryl methyl sites for hydroxylation is 1. The van der Waals surface area contributed by atoms with Crippen molar-refractivity contribution in [2.75, 3.05) is 0 Å². The average molecular weight is 236 g/mol. The van der Waals surface area contributed by atoms with E-state index in [1.165, 1.54) is 0 Å². The van der Waals surface area contributed by atoms with Crippen molar-refractivity contribution in [3.8, 4) is 0 Å². The van der Waals surface area contributed by atoms with Gasteiger partial charge in [-0.1, -0.05) is 26.8 Å². The van der Waals surface area contributed by atoms with Crippen LogP contribution < -0.4 is 4.57 Å². The molecule has 1 atom stereocenters. The van der Waals surface area contributed by atoms with Crippen molar-refractivity contribution in [1.82, 2.24) is 0 Å². The van der Waals surface area contributed by atoms with E-state index in [4.69, 9.17) is 4.74 Å². The van der Waals surface area contributed by atoms with Crippen LogP contribution in [0.1, 0.15) is 33.4 Å². The molecule has 0 aliphatic carbocycles. The highest BCUT2D eigenvalue weighted by Gasteiger charge is 2.25. The van der Waals surface area contributed by atoms with Crippen LogP contribution in [0.15, 0.2) is 24.4 Å². The fourth-order valence-electron chi connectivity index (χ4n) is 1.29. The molecule has 3 nitrogen and oxygen atoms in total.